The van der Waals surface area contributed by atoms with E-state index >= 15 is 0 Å². The maximum Gasteiger partial charge on any atom is 0.273 e. The van der Waals surface area contributed by atoms with Crippen LogP contribution in [0.2, 0.25) is 0 Å². The largest absolute Gasteiger partial charge is 0.390 e. The number of hydrogen-bond donors (Lipinski definition) is 2. The monoisotopic (exact) mass is 344 g/mol. The summed E-state index contributed by atoms with van der Waals surface area (Å²) in [6.45, 7) is 4.10. The number of likely N-dealkylation sites (tertiary alicyclic amines) is 1. The molecular formula is C18H24N4O3. The van der Waals surface area contributed by atoms with Crippen LogP contribution in [0.5, 0.6) is 0 Å². The van der Waals surface area contributed by atoms with Crippen molar-refractivity contribution in [2.75, 3.05) is 13.1 Å². The van der Waals surface area contributed by atoms with E-state index in [0.29, 0.717) is 18.7 Å². The van der Waals surface area contributed by atoms with Gasteiger partial charge in [0.05, 0.1) is 12.1 Å². The molecule has 2 N–H and O–H groups in total. The first-order valence-corrected chi connectivity index (χ1v) is 8.71. The molecule has 0 spiro atoms. The Morgan fingerprint density at radius 2 is 2.40 bits per heavy atom. The fraction of sp³-hybridized carbons (Fsp3) is 0.500. The molecule has 2 aromatic rings. The van der Waals surface area contributed by atoms with Crippen molar-refractivity contribution >= 4 is 5.91 Å². The van der Waals surface area contributed by atoms with Crippen LogP contribution in [0.1, 0.15) is 41.6 Å². The van der Waals surface area contributed by atoms with Gasteiger partial charge in [0.1, 0.15) is 5.76 Å². The van der Waals surface area contributed by atoms with E-state index in [9.17, 15) is 9.90 Å². The standard InChI is InChI=1S/C18H24N4O3/c1-2-4-14-9-16(21-25-14)18(24)20-15-6-8-22(12-17(15)23)11-13-5-3-7-19-10-13/h3,5,7,9-10,15,17,23H,2,4,6,8,11-12H2,1H3,(H,20,24)/t15-,17-/m1/s1. The molecular weight excluding hydrogens is 320 g/mol. The fourth-order valence-corrected chi connectivity index (χ4v) is 3.09. The van der Waals surface area contributed by atoms with Crippen molar-refractivity contribution in [3.63, 3.8) is 0 Å². The number of carbonyl (C=O) groups excluding carboxylic acids is 1. The molecule has 0 radical (unpaired) electrons. The Bertz CT molecular complexity index is 689. The van der Waals surface area contributed by atoms with Crippen molar-refractivity contribution in [3.8, 4) is 0 Å². The smallest absolute Gasteiger partial charge is 0.273 e. The lowest BCUT2D eigenvalue weighted by Crippen LogP contribution is -2.53. The molecule has 134 valence electrons. The third-order valence-corrected chi connectivity index (χ3v) is 4.40. The lowest BCUT2D eigenvalue weighted by Gasteiger charge is -2.36. The van der Waals surface area contributed by atoms with E-state index in [2.05, 4.69) is 20.4 Å². The maximum absolute atomic E-state index is 12.3. The van der Waals surface area contributed by atoms with E-state index in [4.69, 9.17) is 4.52 Å². The zero-order valence-electron chi connectivity index (χ0n) is 14.4. The Kier molecular flexibility index (Phi) is 5.78. The molecule has 0 aromatic carbocycles. The summed E-state index contributed by atoms with van der Waals surface area (Å²) in [4.78, 5) is 18.6. The van der Waals surface area contributed by atoms with Crippen LogP contribution < -0.4 is 5.32 Å². The quantitative estimate of drug-likeness (QED) is 0.823. The van der Waals surface area contributed by atoms with Crippen LogP contribution in [0.25, 0.3) is 0 Å². The molecule has 7 nitrogen and oxygen atoms in total. The first kappa shape index (κ1) is 17.6. The summed E-state index contributed by atoms with van der Waals surface area (Å²) in [7, 11) is 0. The number of aryl methyl sites for hydroxylation is 1. The second-order valence-electron chi connectivity index (χ2n) is 6.46. The highest BCUT2D eigenvalue weighted by molar-refractivity contribution is 5.92. The summed E-state index contributed by atoms with van der Waals surface area (Å²) in [6, 6.07) is 5.32. The molecule has 1 fully saturated rings. The van der Waals surface area contributed by atoms with Gasteiger partial charge in [0.2, 0.25) is 0 Å². The van der Waals surface area contributed by atoms with Crippen LogP contribution in [0, 0.1) is 0 Å². The summed E-state index contributed by atoms with van der Waals surface area (Å²) >= 11 is 0. The van der Waals surface area contributed by atoms with E-state index in [-0.39, 0.29) is 17.6 Å². The van der Waals surface area contributed by atoms with Crippen molar-refractivity contribution in [2.45, 2.75) is 44.9 Å². The third-order valence-electron chi connectivity index (χ3n) is 4.40. The van der Waals surface area contributed by atoms with Crippen molar-refractivity contribution in [1.29, 1.82) is 0 Å². The summed E-state index contributed by atoms with van der Waals surface area (Å²) in [5, 5.41) is 17.1. The first-order valence-electron chi connectivity index (χ1n) is 8.71. The highest BCUT2D eigenvalue weighted by Gasteiger charge is 2.29. The van der Waals surface area contributed by atoms with Gasteiger partial charge in [0.25, 0.3) is 5.91 Å². The molecule has 0 saturated carbocycles. The summed E-state index contributed by atoms with van der Waals surface area (Å²) in [5.41, 5.74) is 1.39. The van der Waals surface area contributed by atoms with Gasteiger partial charge in [-0.3, -0.25) is 14.7 Å². The van der Waals surface area contributed by atoms with E-state index < -0.39 is 6.10 Å². The molecule has 1 aliphatic rings. The molecule has 3 heterocycles. The van der Waals surface area contributed by atoms with Crippen LogP contribution in [-0.2, 0) is 13.0 Å². The zero-order chi connectivity index (χ0) is 17.6. The SMILES string of the molecule is CCCc1cc(C(=O)N[C@@H]2CCN(Cc3cccnc3)C[C@H]2O)no1. The lowest BCUT2D eigenvalue weighted by atomic mass is 10.0. The normalized spacial score (nSPS) is 21.2. The minimum Gasteiger partial charge on any atom is -0.390 e. The number of aliphatic hydroxyl groups is 1. The molecule has 2 aromatic heterocycles. The Morgan fingerprint density at radius 1 is 1.52 bits per heavy atom. The average molecular weight is 344 g/mol. The van der Waals surface area contributed by atoms with E-state index in [1.54, 1.807) is 12.3 Å². The molecule has 1 aliphatic heterocycles. The number of aliphatic hydroxyl groups excluding tert-OH is 1. The Balaban J connectivity index is 1.51. The highest BCUT2D eigenvalue weighted by Crippen LogP contribution is 2.15. The molecule has 7 heteroatoms. The molecule has 0 unspecified atom stereocenters. The van der Waals surface area contributed by atoms with Gasteiger partial charge in [-0.1, -0.05) is 18.1 Å². The molecule has 3 rings (SSSR count). The van der Waals surface area contributed by atoms with Crippen molar-refractivity contribution in [2.24, 2.45) is 0 Å². The third kappa shape index (κ3) is 4.64. The lowest BCUT2D eigenvalue weighted by molar-refractivity contribution is 0.0347. The van der Waals surface area contributed by atoms with Crippen molar-refractivity contribution in [1.82, 2.24) is 20.4 Å². The number of pyridine rings is 1. The number of carbonyl (C=O) groups is 1. The van der Waals surface area contributed by atoms with Crippen molar-refractivity contribution < 1.29 is 14.4 Å². The van der Waals surface area contributed by atoms with Gasteiger partial charge in [-0.25, -0.2) is 0 Å². The summed E-state index contributed by atoms with van der Waals surface area (Å²) < 4.78 is 5.14. The summed E-state index contributed by atoms with van der Waals surface area (Å²) in [6.07, 6.45) is 5.35. The van der Waals surface area contributed by atoms with Gasteiger partial charge >= 0.3 is 0 Å². The Hall–Kier alpha value is -2.25. The number of amides is 1. The number of piperidine rings is 1. The predicted octanol–water partition coefficient (Wildman–Crippen LogP) is 1.39. The van der Waals surface area contributed by atoms with Gasteiger partial charge in [0, 0.05) is 44.5 Å². The first-order chi connectivity index (χ1) is 12.2. The molecule has 1 amide bonds. The number of aromatic nitrogens is 2. The van der Waals surface area contributed by atoms with Gasteiger partial charge in [-0.15, -0.1) is 0 Å². The van der Waals surface area contributed by atoms with Gasteiger partial charge in [-0.05, 0) is 24.5 Å². The molecule has 0 aliphatic carbocycles. The van der Waals surface area contributed by atoms with Crippen LogP contribution in [0.3, 0.4) is 0 Å². The van der Waals surface area contributed by atoms with E-state index in [1.807, 2.05) is 25.3 Å². The van der Waals surface area contributed by atoms with Crippen LogP contribution >= 0.6 is 0 Å². The number of β-amino-alcohol motifs (C(OH)–C–C–N with tert-alkyl or cyclic N) is 1. The fourth-order valence-electron chi connectivity index (χ4n) is 3.09. The van der Waals surface area contributed by atoms with E-state index in [0.717, 1.165) is 31.5 Å². The van der Waals surface area contributed by atoms with Crippen LogP contribution in [-0.4, -0.2) is 51.3 Å². The minimum absolute atomic E-state index is 0.272. The highest BCUT2D eigenvalue weighted by atomic mass is 16.5. The van der Waals surface area contributed by atoms with Gasteiger partial charge in [0.15, 0.2) is 5.69 Å². The molecule has 1 saturated heterocycles. The average Bonchev–Trinajstić information content (AvgIpc) is 3.07. The molecule has 2 atom stereocenters. The molecule has 0 bridgehead atoms. The zero-order valence-corrected chi connectivity index (χ0v) is 14.4. The number of nitrogens with zero attached hydrogens (tertiary/aromatic N) is 3. The second kappa shape index (κ2) is 8.22. The number of hydrogen-bond acceptors (Lipinski definition) is 6. The topological polar surface area (TPSA) is 91.5 Å². The van der Waals surface area contributed by atoms with Gasteiger partial charge < -0.3 is 14.9 Å². The van der Waals surface area contributed by atoms with Gasteiger partial charge in [-0.2, -0.15) is 0 Å². The van der Waals surface area contributed by atoms with Crippen LogP contribution in [0.4, 0.5) is 0 Å². The Morgan fingerprint density at radius 3 is 3.12 bits per heavy atom. The van der Waals surface area contributed by atoms with E-state index in [1.165, 1.54) is 0 Å². The second-order valence-corrected chi connectivity index (χ2v) is 6.46. The number of nitrogens with one attached hydrogen (secondary N) is 1. The maximum atomic E-state index is 12.3. The predicted molar refractivity (Wildman–Crippen MR) is 91.9 cm³/mol. The van der Waals surface area contributed by atoms with Crippen molar-refractivity contribution in [3.05, 3.63) is 47.6 Å². The summed E-state index contributed by atoms with van der Waals surface area (Å²) in [5.74, 6) is 0.412. The van der Waals surface area contributed by atoms with Crippen LogP contribution in [0.15, 0.2) is 35.1 Å². The molecule has 25 heavy (non-hydrogen) atoms. The minimum atomic E-state index is -0.614. The number of rotatable bonds is 6. The Labute approximate surface area is 147 Å².